The first-order valence-corrected chi connectivity index (χ1v) is 13.3. The second-order valence-corrected chi connectivity index (χ2v) is 10.7. The highest BCUT2D eigenvalue weighted by Crippen LogP contribution is 2.36. The van der Waals surface area contributed by atoms with Gasteiger partial charge < -0.3 is 10.2 Å². The second kappa shape index (κ2) is 12.0. The smallest absolute Gasteiger partial charge is 0.354 e. The van der Waals surface area contributed by atoms with Gasteiger partial charge in [0.2, 0.25) is 21.8 Å². The van der Waals surface area contributed by atoms with Crippen molar-refractivity contribution in [1.82, 2.24) is 10.2 Å². The van der Waals surface area contributed by atoms with E-state index in [2.05, 4.69) is 5.32 Å². The number of alkyl halides is 3. The third kappa shape index (κ3) is 7.86. The van der Waals surface area contributed by atoms with Crippen molar-refractivity contribution in [3.05, 3.63) is 64.2 Å². The van der Waals surface area contributed by atoms with Crippen LogP contribution in [-0.4, -0.2) is 50.5 Å². The number of carbonyl (C=O) groups is 2. The lowest BCUT2D eigenvalue weighted by atomic mass is 10.1. The van der Waals surface area contributed by atoms with Crippen molar-refractivity contribution in [3.63, 3.8) is 0 Å². The number of benzene rings is 2. The molecule has 2 amide bonds. The van der Waals surface area contributed by atoms with E-state index in [-0.39, 0.29) is 11.6 Å². The van der Waals surface area contributed by atoms with E-state index in [4.69, 9.17) is 11.6 Å². The van der Waals surface area contributed by atoms with Gasteiger partial charge in [-0.15, -0.1) is 0 Å². The summed E-state index contributed by atoms with van der Waals surface area (Å²) in [5.74, 6) is -1.23. The molecule has 0 aromatic heterocycles. The van der Waals surface area contributed by atoms with Crippen LogP contribution in [0.5, 0.6) is 0 Å². The largest absolute Gasteiger partial charge is 0.416 e. The quantitative estimate of drug-likeness (QED) is 0.478. The van der Waals surface area contributed by atoms with Crippen LogP contribution in [-0.2, 0) is 32.3 Å². The molecule has 12 heteroatoms. The summed E-state index contributed by atoms with van der Waals surface area (Å²) >= 11 is 6.06. The molecule has 0 aliphatic rings. The van der Waals surface area contributed by atoms with Gasteiger partial charge in [-0.2, -0.15) is 13.2 Å². The van der Waals surface area contributed by atoms with Crippen molar-refractivity contribution >= 4 is 39.1 Å². The first kappa shape index (κ1) is 29.4. The normalized spacial score (nSPS) is 12.7. The van der Waals surface area contributed by atoms with Crippen LogP contribution in [0.2, 0.25) is 5.02 Å². The number of carbonyl (C=O) groups excluding carboxylic acids is 2. The predicted molar refractivity (Wildman–Crippen MR) is 133 cm³/mol. The average Bonchev–Trinajstić information content (AvgIpc) is 2.79. The van der Waals surface area contributed by atoms with Gasteiger partial charge in [0.1, 0.15) is 12.6 Å². The predicted octanol–water partition coefficient (Wildman–Crippen LogP) is 4.38. The van der Waals surface area contributed by atoms with Crippen LogP contribution in [0.4, 0.5) is 18.9 Å². The fourth-order valence-electron chi connectivity index (χ4n) is 3.34. The third-order valence-corrected chi connectivity index (χ3v) is 6.86. The van der Waals surface area contributed by atoms with Crippen LogP contribution in [0.25, 0.3) is 0 Å². The zero-order chi connectivity index (χ0) is 27.3. The molecule has 0 aliphatic carbocycles. The van der Waals surface area contributed by atoms with Crippen LogP contribution < -0.4 is 9.62 Å². The molecule has 7 nitrogen and oxygen atoms in total. The summed E-state index contributed by atoms with van der Waals surface area (Å²) in [5.41, 5.74) is 0.0624. The molecule has 0 fully saturated rings. The summed E-state index contributed by atoms with van der Waals surface area (Å²) < 4.78 is 65.5. The van der Waals surface area contributed by atoms with Gasteiger partial charge in [0.05, 0.1) is 22.5 Å². The Morgan fingerprint density at radius 2 is 1.72 bits per heavy atom. The molecule has 2 aromatic carbocycles. The summed E-state index contributed by atoms with van der Waals surface area (Å²) in [5, 5.41) is 2.42. The monoisotopic (exact) mass is 547 g/mol. The summed E-state index contributed by atoms with van der Waals surface area (Å²) in [6, 6.07) is 8.43. The van der Waals surface area contributed by atoms with Crippen molar-refractivity contribution in [1.29, 1.82) is 0 Å². The van der Waals surface area contributed by atoms with Gasteiger partial charge in [-0.3, -0.25) is 13.9 Å². The van der Waals surface area contributed by atoms with Gasteiger partial charge in [0.25, 0.3) is 0 Å². The maximum absolute atomic E-state index is 13.4. The summed E-state index contributed by atoms with van der Waals surface area (Å²) in [7, 11) is -4.24. The molecule has 0 aliphatic heterocycles. The van der Waals surface area contributed by atoms with Gasteiger partial charge in [-0.05, 0) is 44.0 Å². The Bertz CT molecular complexity index is 1190. The maximum atomic E-state index is 13.4. The van der Waals surface area contributed by atoms with E-state index in [1.165, 1.54) is 11.8 Å². The molecule has 0 saturated carbocycles. The summed E-state index contributed by atoms with van der Waals surface area (Å²) in [6.45, 7) is 4.76. The molecular formula is C24H29ClF3N3O4S. The van der Waals surface area contributed by atoms with Gasteiger partial charge in [0.15, 0.2) is 0 Å². The zero-order valence-corrected chi connectivity index (χ0v) is 22.0. The number of sulfonamides is 1. The van der Waals surface area contributed by atoms with Crippen molar-refractivity contribution in [3.8, 4) is 0 Å². The topological polar surface area (TPSA) is 86.8 Å². The van der Waals surface area contributed by atoms with E-state index in [1.807, 2.05) is 26.0 Å². The second-order valence-electron chi connectivity index (χ2n) is 8.41. The number of anilines is 1. The lowest BCUT2D eigenvalue weighted by Gasteiger charge is -2.32. The molecule has 0 heterocycles. The van der Waals surface area contributed by atoms with Crippen molar-refractivity contribution < 1.29 is 31.2 Å². The Balaban J connectivity index is 2.47. The molecule has 36 heavy (non-hydrogen) atoms. The van der Waals surface area contributed by atoms with Gasteiger partial charge >= 0.3 is 6.18 Å². The fourth-order valence-corrected chi connectivity index (χ4v) is 4.47. The molecule has 0 unspecified atom stereocenters. The number of aryl methyl sites for hydroxylation is 1. The Hall–Kier alpha value is -2.79. The first-order valence-electron chi connectivity index (χ1n) is 11.1. The van der Waals surface area contributed by atoms with Gasteiger partial charge in [0, 0.05) is 13.1 Å². The lowest BCUT2D eigenvalue weighted by molar-refractivity contribution is -0.139. The Labute approximate surface area is 214 Å². The highest BCUT2D eigenvalue weighted by Gasteiger charge is 2.34. The van der Waals surface area contributed by atoms with Crippen LogP contribution in [0.1, 0.15) is 37.0 Å². The van der Waals surface area contributed by atoms with Crippen molar-refractivity contribution in [2.75, 3.05) is 23.7 Å². The highest BCUT2D eigenvalue weighted by molar-refractivity contribution is 7.92. The van der Waals surface area contributed by atoms with Crippen molar-refractivity contribution in [2.45, 2.75) is 46.0 Å². The third-order valence-electron chi connectivity index (χ3n) is 5.41. The standard InChI is InChI=1S/C24H29ClF3N3O4S/c1-5-12-29-23(33)17(3)30(14-18-8-6-16(2)7-9-18)22(32)15-31(36(4,34)35)21-13-19(24(26,27)28)10-11-20(21)25/h6-11,13,17H,5,12,14-15H2,1-4H3,(H,29,33)/t17-/m1/s1. The molecule has 0 spiro atoms. The number of hydrogen-bond acceptors (Lipinski definition) is 4. The molecule has 1 N–H and O–H groups in total. The molecule has 1 atom stereocenters. The van der Waals surface area contributed by atoms with E-state index < -0.39 is 51.9 Å². The highest BCUT2D eigenvalue weighted by atomic mass is 35.5. The van der Waals surface area contributed by atoms with Crippen LogP contribution in [0.15, 0.2) is 42.5 Å². The Kier molecular flexibility index (Phi) is 9.78. The minimum Gasteiger partial charge on any atom is -0.354 e. The Morgan fingerprint density at radius 1 is 1.11 bits per heavy atom. The summed E-state index contributed by atoms with van der Waals surface area (Å²) in [6.07, 6.45) is -3.32. The molecule has 0 bridgehead atoms. The number of halogens is 4. The van der Waals surface area contributed by atoms with E-state index >= 15 is 0 Å². The molecule has 198 valence electrons. The van der Waals surface area contributed by atoms with E-state index in [0.717, 1.165) is 24.0 Å². The zero-order valence-electron chi connectivity index (χ0n) is 20.4. The number of hydrogen-bond donors (Lipinski definition) is 1. The lowest BCUT2D eigenvalue weighted by Crippen LogP contribution is -2.51. The minimum atomic E-state index is -4.75. The van der Waals surface area contributed by atoms with Crippen LogP contribution in [0.3, 0.4) is 0 Å². The number of nitrogens with one attached hydrogen (secondary N) is 1. The average molecular weight is 548 g/mol. The molecule has 0 radical (unpaired) electrons. The molecular weight excluding hydrogens is 519 g/mol. The number of rotatable bonds is 10. The Morgan fingerprint density at radius 3 is 2.25 bits per heavy atom. The van der Waals surface area contributed by atoms with E-state index in [9.17, 15) is 31.2 Å². The van der Waals surface area contributed by atoms with Crippen molar-refractivity contribution in [2.24, 2.45) is 0 Å². The van der Waals surface area contributed by atoms with Gasteiger partial charge in [-0.1, -0.05) is 48.4 Å². The molecule has 2 aromatic rings. The van der Waals surface area contributed by atoms with Crippen LogP contribution in [0, 0.1) is 6.92 Å². The SMILES string of the molecule is CCCNC(=O)[C@@H](C)N(Cc1ccc(C)cc1)C(=O)CN(c1cc(C(F)(F)F)ccc1Cl)S(C)(=O)=O. The van der Waals surface area contributed by atoms with Crippen LogP contribution >= 0.6 is 11.6 Å². The van der Waals surface area contributed by atoms with E-state index in [1.54, 1.807) is 12.1 Å². The van der Waals surface area contributed by atoms with Gasteiger partial charge in [-0.25, -0.2) is 8.42 Å². The first-order chi connectivity index (χ1) is 16.6. The fraction of sp³-hybridized carbons (Fsp3) is 0.417. The number of nitrogens with zero attached hydrogens (tertiary/aromatic N) is 2. The minimum absolute atomic E-state index is 0.0201. The molecule has 2 rings (SSSR count). The number of amides is 2. The summed E-state index contributed by atoms with van der Waals surface area (Å²) in [4.78, 5) is 27.3. The maximum Gasteiger partial charge on any atom is 0.416 e. The molecule has 0 saturated heterocycles. The van der Waals surface area contributed by atoms with E-state index in [0.29, 0.717) is 28.9 Å².